The standard InChI is InChI=1S/C21H29N3O5/c1-16(2)15-29-21(27)23-11-9-22(10-12-23)19(25)7-8-20(26)24-13-14-28-18-6-4-3-5-17(18)24/h3-6,16H,7-15H2,1-2H3. The fourth-order valence-electron chi connectivity index (χ4n) is 3.40. The number of rotatable bonds is 5. The molecule has 0 aliphatic carbocycles. The fourth-order valence-corrected chi connectivity index (χ4v) is 3.40. The van der Waals surface area contributed by atoms with Gasteiger partial charge in [0.15, 0.2) is 0 Å². The van der Waals surface area contributed by atoms with Crippen molar-refractivity contribution in [3.8, 4) is 5.75 Å². The number of carbonyl (C=O) groups excluding carboxylic acids is 3. The Balaban J connectivity index is 1.44. The molecule has 0 radical (unpaired) electrons. The van der Waals surface area contributed by atoms with Gasteiger partial charge in [-0.05, 0) is 18.1 Å². The molecule has 8 heteroatoms. The maximum atomic E-state index is 12.6. The summed E-state index contributed by atoms with van der Waals surface area (Å²) in [5.74, 6) is 0.844. The second-order valence-corrected chi connectivity index (χ2v) is 7.70. The van der Waals surface area contributed by atoms with Gasteiger partial charge in [0.2, 0.25) is 11.8 Å². The molecule has 3 rings (SSSR count). The van der Waals surface area contributed by atoms with Crippen LogP contribution in [0, 0.1) is 5.92 Å². The number of benzene rings is 1. The number of para-hydroxylation sites is 2. The summed E-state index contributed by atoms with van der Waals surface area (Å²) >= 11 is 0. The molecule has 2 aliphatic rings. The molecule has 1 aromatic rings. The zero-order valence-corrected chi connectivity index (χ0v) is 17.1. The highest BCUT2D eigenvalue weighted by molar-refractivity contribution is 5.97. The Morgan fingerprint density at radius 1 is 0.966 bits per heavy atom. The van der Waals surface area contributed by atoms with Crippen molar-refractivity contribution in [2.75, 3.05) is 50.8 Å². The molecule has 0 atom stereocenters. The average molecular weight is 403 g/mol. The van der Waals surface area contributed by atoms with Crippen molar-refractivity contribution >= 4 is 23.6 Å². The topological polar surface area (TPSA) is 79.4 Å². The van der Waals surface area contributed by atoms with E-state index in [0.717, 1.165) is 5.69 Å². The Bertz CT molecular complexity index is 744. The number of nitrogens with zero attached hydrogens (tertiary/aromatic N) is 3. The first-order chi connectivity index (χ1) is 14.0. The lowest BCUT2D eigenvalue weighted by atomic mass is 10.2. The molecule has 8 nitrogen and oxygen atoms in total. The molecule has 0 N–H and O–H groups in total. The van der Waals surface area contributed by atoms with Crippen LogP contribution in [0.4, 0.5) is 10.5 Å². The molecule has 1 fully saturated rings. The van der Waals surface area contributed by atoms with Gasteiger partial charge in [-0.3, -0.25) is 9.59 Å². The van der Waals surface area contributed by atoms with E-state index in [2.05, 4.69) is 0 Å². The zero-order valence-electron chi connectivity index (χ0n) is 17.1. The second kappa shape index (κ2) is 9.62. The molecule has 0 unspecified atom stereocenters. The number of amides is 3. The van der Waals surface area contributed by atoms with Crippen molar-refractivity contribution in [2.45, 2.75) is 26.7 Å². The zero-order chi connectivity index (χ0) is 20.8. The third-order valence-corrected chi connectivity index (χ3v) is 5.01. The Kier molecular flexibility index (Phi) is 6.95. The number of anilines is 1. The van der Waals surface area contributed by atoms with Crippen molar-refractivity contribution < 1.29 is 23.9 Å². The van der Waals surface area contributed by atoms with Gasteiger partial charge in [0.05, 0.1) is 18.8 Å². The van der Waals surface area contributed by atoms with Crippen molar-refractivity contribution in [2.24, 2.45) is 5.92 Å². The fraction of sp³-hybridized carbons (Fsp3) is 0.571. The molecular weight excluding hydrogens is 374 g/mol. The molecule has 29 heavy (non-hydrogen) atoms. The number of ether oxygens (including phenoxy) is 2. The molecule has 0 spiro atoms. The average Bonchev–Trinajstić information content (AvgIpc) is 2.75. The van der Waals surface area contributed by atoms with E-state index in [1.165, 1.54) is 0 Å². The van der Waals surface area contributed by atoms with Crippen LogP contribution in [-0.2, 0) is 14.3 Å². The lowest BCUT2D eigenvalue weighted by Gasteiger charge is -2.34. The van der Waals surface area contributed by atoms with Crippen LogP contribution in [0.25, 0.3) is 0 Å². The maximum Gasteiger partial charge on any atom is 0.409 e. The minimum atomic E-state index is -0.327. The van der Waals surface area contributed by atoms with Gasteiger partial charge in [-0.2, -0.15) is 0 Å². The normalized spacial score (nSPS) is 16.3. The molecule has 0 aromatic heterocycles. The van der Waals surface area contributed by atoms with Crippen LogP contribution in [0.3, 0.4) is 0 Å². The van der Waals surface area contributed by atoms with Gasteiger partial charge >= 0.3 is 6.09 Å². The summed E-state index contributed by atoms with van der Waals surface area (Å²) in [5, 5.41) is 0. The van der Waals surface area contributed by atoms with Gasteiger partial charge in [-0.1, -0.05) is 26.0 Å². The first kappa shape index (κ1) is 21.0. The van der Waals surface area contributed by atoms with Crippen molar-refractivity contribution in [3.63, 3.8) is 0 Å². The van der Waals surface area contributed by atoms with Crippen LogP contribution in [0.15, 0.2) is 24.3 Å². The summed E-state index contributed by atoms with van der Waals surface area (Å²) in [5.41, 5.74) is 0.754. The van der Waals surface area contributed by atoms with Crippen molar-refractivity contribution in [3.05, 3.63) is 24.3 Å². The van der Waals surface area contributed by atoms with Crippen molar-refractivity contribution in [1.82, 2.24) is 9.80 Å². The Hall–Kier alpha value is -2.77. The molecule has 1 saturated heterocycles. The smallest absolute Gasteiger partial charge is 0.409 e. The summed E-state index contributed by atoms with van der Waals surface area (Å²) in [6.07, 6.45) is -0.00748. The summed E-state index contributed by atoms with van der Waals surface area (Å²) in [6, 6.07) is 7.43. The first-order valence-electron chi connectivity index (χ1n) is 10.2. The van der Waals surface area contributed by atoms with E-state index >= 15 is 0 Å². The monoisotopic (exact) mass is 403 g/mol. The number of fused-ring (bicyclic) bond motifs is 1. The van der Waals surface area contributed by atoms with Crippen LogP contribution < -0.4 is 9.64 Å². The summed E-state index contributed by atoms with van der Waals surface area (Å²) in [4.78, 5) is 42.2. The van der Waals surface area contributed by atoms with E-state index in [1.807, 2.05) is 38.1 Å². The minimum Gasteiger partial charge on any atom is -0.490 e. The summed E-state index contributed by atoms with van der Waals surface area (Å²) in [6.45, 7) is 7.13. The van der Waals surface area contributed by atoms with Crippen molar-refractivity contribution in [1.29, 1.82) is 0 Å². The maximum absolute atomic E-state index is 12.6. The Labute approximate surface area is 171 Å². The Morgan fingerprint density at radius 3 is 2.34 bits per heavy atom. The van der Waals surface area contributed by atoms with Crippen LogP contribution in [-0.4, -0.2) is 73.6 Å². The van der Waals surface area contributed by atoms with Crippen LogP contribution in [0.1, 0.15) is 26.7 Å². The first-order valence-corrected chi connectivity index (χ1v) is 10.2. The van der Waals surface area contributed by atoms with Gasteiger partial charge in [-0.15, -0.1) is 0 Å². The number of piperazine rings is 1. The van der Waals surface area contributed by atoms with Crippen LogP contribution >= 0.6 is 0 Å². The third-order valence-electron chi connectivity index (χ3n) is 5.01. The lowest BCUT2D eigenvalue weighted by Crippen LogP contribution is -2.51. The highest BCUT2D eigenvalue weighted by Crippen LogP contribution is 2.31. The minimum absolute atomic E-state index is 0.0601. The van der Waals surface area contributed by atoms with Gasteiger partial charge < -0.3 is 24.2 Å². The van der Waals surface area contributed by atoms with Crippen LogP contribution in [0.5, 0.6) is 5.75 Å². The number of hydrogen-bond donors (Lipinski definition) is 0. The molecule has 3 amide bonds. The molecule has 2 heterocycles. The summed E-state index contributed by atoms with van der Waals surface area (Å²) in [7, 11) is 0. The van der Waals surface area contributed by atoms with E-state index in [0.29, 0.717) is 51.7 Å². The third kappa shape index (κ3) is 5.40. The molecule has 158 valence electrons. The van der Waals surface area contributed by atoms with E-state index in [-0.39, 0.29) is 36.7 Å². The molecular formula is C21H29N3O5. The van der Waals surface area contributed by atoms with E-state index in [1.54, 1.807) is 14.7 Å². The molecule has 0 saturated carbocycles. The van der Waals surface area contributed by atoms with Crippen LogP contribution in [0.2, 0.25) is 0 Å². The largest absolute Gasteiger partial charge is 0.490 e. The molecule has 0 bridgehead atoms. The van der Waals surface area contributed by atoms with Gasteiger partial charge in [0.25, 0.3) is 0 Å². The predicted octanol–water partition coefficient (Wildman–Crippen LogP) is 2.13. The van der Waals surface area contributed by atoms with Gasteiger partial charge in [0.1, 0.15) is 12.4 Å². The quantitative estimate of drug-likeness (QED) is 0.753. The number of carbonyl (C=O) groups is 3. The molecule has 2 aliphatic heterocycles. The lowest BCUT2D eigenvalue weighted by molar-refractivity contribution is -0.134. The van der Waals surface area contributed by atoms with E-state index in [4.69, 9.17) is 9.47 Å². The highest BCUT2D eigenvalue weighted by Gasteiger charge is 2.27. The highest BCUT2D eigenvalue weighted by atomic mass is 16.6. The second-order valence-electron chi connectivity index (χ2n) is 7.70. The predicted molar refractivity (Wildman–Crippen MR) is 108 cm³/mol. The SMILES string of the molecule is CC(C)COC(=O)N1CCN(C(=O)CCC(=O)N2CCOc3ccccc32)CC1. The summed E-state index contributed by atoms with van der Waals surface area (Å²) < 4.78 is 10.8. The molecule has 1 aromatic carbocycles. The number of hydrogen-bond acceptors (Lipinski definition) is 5. The Morgan fingerprint density at radius 2 is 1.62 bits per heavy atom. The van der Waals surface area contributed by atoms with Gasteiger partial charge in [0, 0.05) is 39.0 Å². The van der Waals surface area contributed by atoms with Gasteiger partial charge in [-0.25, -0.2) is 4.79 Å². The van der Waals surface area contributed by atoms with E-state index in [9.17, 15) is 14.4 Å². The van der Waals surface area contributed by atoms with E-state index < -0.39 is 0 Å².